The summed E-state index contributed by atoms with van der Waals surface area (Å²) in [5, 5.41) is 35.8. The molecule has 4 heterocycles. The van der Waals surface area contributed by atoms with Crippen molar-refractivity contribution in [1.29, 1.82) is 0 Å². The van der Waals surface area contributed by atoms with Gasteiger partial charge in [0.15, 0.2) is 11.6 Å². The molecule has 360 valence electrons. The lowest BCUT2D eigenvalue weighted by Crippen LogP contribution is -2.56. The zero-order valence-electron chi connectivity index (χ0n) is 37.8. The SMILES string of the molecule is C=CCOC(=O)C[C@@H]1CC(=O)[C@@H]2CSc3[nH]c4cc(OC)ccc4c3C[C@H](CC(=O)[C@@H]([C@@H](C)[C@H](C)O)NC(=O)C3C[C@@H](O)CN3C1=O)C(=O)NCC(=O)N[C@@H]([C@@H](C)CC)C(=O)NCC(=O)N2. The second kappa shape index (κ2) is 23.1. The predicted octanol–water partition coefficient (Wildman–Crippen LogP) is -0.180. The first-order chi connectivity index (χ1) is 31.3. The van der Waals surface area contributed by atoms with E-state index in [2.05, 4.69) is 38.1 Å². The normalized spacial score (nSPS) is 27.0. The van der Waals surface area contributed by atoms with Crippen LogP contribution in [-0.4, -0.2) is 149 Å². The van der Waals surface area contributed by atoms with Gasteiger partial charge < -0.3 is 56.2 Å². The number of Topliss-reactive ketones (excluding diaryl/α,β-unsaturated/α-hetero) is 2. The van der Waals surface area contributed by atoms with Crippen LogP contribution in [0.1, 0.15) is 65.4 Å². The standard InChI is InChI=1S/C45H61N7O13S/c1-7-11-65-38(59)15-26-14-34(55)32-21-66-44-30(29-10-9-28(64-6)17-31(29)49-44)12-25(41(60)46-19-37(58)50-39(22(3)8-2)43(62)47-18-36(57)48-32)13-35(56)40(23(4)24(5)53)51-42(61)33-16-27(54)20-52(33)45(26)63/h7,9-10,17,22-27,32-33,39-40,49,53-54H,1,8,11-16,18-21H2,2-6H3,(H,46,60)(H,47,62)(H,48,57)(H,50,58)(H,51,61)/t22-,23-,24-,25+,26-,27+,32-,33?,39-,40+/m0/s1. The molecular weight excluding hydrogens is 879 g/mol. The highest BCUT2D eigenvalue weighted by Crippen LogP contribution is 2.36. The van der Waals surface area contributed by atoms with Crippen molar-refractivity contribution in [2.24, 2.45) is 23.7 Å². The number of nitrogens with one attached hydrogen (secondary N) is 6. The summed E-state index contributed by atoms with van der Waals surface area (Å²) in [5.74, 6) is -10.7. The summed E-state index contributed by atoms with van der Waals surface area (Å²) in [7, 11) is 1.48. The second-order valence-electron chi connectivity index (χ2n) is 17.2. The van der Waals surface area contributed by atoms with E-state index >= 15 is 0 Å². The number of fused-ring (bicyclic) bond motifs is 5. The average molecular weight is 940 g/mol. The van der Waals surface area contributed by atoms with Crippen LogP contribution >= 0.6 is 11.8 Å². The zero-order chi connectivity index (χ0) is 48.4. The number of hydrogen-bond donors (Lipinski definition) is 8. The Morgan fingerprint density at radius 2 is 1.62 bits per heavy atom. The van der Waals surface area contributed by atoms with Crippen LogP contribution in [0.3, 0.4) is 0 Å². The average Bonchev–Trinajstić information content (AvgIpc) is 3.85. The smallest absolute Gasteiger partial charge is 0.306 e. The Morgan fingerprint density at radius 1 is 0.924 bits per heavy atom. The lowest BCUT2D eigenvalue weighted by molar-refractivity contribution is -0.150. The molecule has 1 aromatic carbocycles. The quantitative estimate of drug-likeness (QED) is 0.120. The number of benzene rings is 1. The minimum Gasteiger partial charge on any atom is -0.497 e. The summed E-state index contributed by atoms with van der Waals surface area (Å²) in [6.07, 6.45) is -2.85. The van der Waals surface area contributed by atoms with Crippen LogP contribution in [0, 0.1) is 23.7 Å². The number of carbonyl (C=O) groups excluding carboxylic acids is 9. The molecular formula is C45H61N7O13S. The van der Waals surface area contributed by atoms with Gasteiger partial charge in [-0.25, -0.2) is 0 Å². The largest absolute Gasteiger partial charge is 0.497 e. The number of amides is 6. The van der Waals surface area contributed by atoms with Gasteiger partial charge in [-0.3, -0.25) is 43.2 Å². The minimum atomic E-state index is -1.46. The third kappa shape index (κ3) is 12.8. The molecule has 2 bridgehead atoms. The Bertz CT molecular complexity index is 2200. The third-order valence-corrected chi connectivity index (χ3v) is 13.6. The number of methoxy groups -OCH3 is 1. The van der Waals surface area contributed by atoms with Gasteiger partial charge in [-0.2, -0.15) is 0 Å². The molecule has 8 N–H and O–H groups in total. The number of ketones is 2. The number of nitrogens with zero attached hydrogens (tertiary/aromatic N) is 1. The highest BCUT2D eigenvalue weighted by atomic mass is 32.2. The van der Waals surface area contributed by atoms with Crippen LogP contribution in [-0.2, 0) is 54.3 Å². The molecule has 3 aliphatic rings. The zero-order valence-corrected chi connectivity index (χ0v) is 38.6. The van der Waals surface area contributed by atoms with Crippen LogP contribution in [0.2, 0.25) is 0 Å². The molecule has 1 fully saturated rings. The Hall–Kier alpha value is -5.80. The van der Waals surface area contributed by atoms with Crippen molar-refractivity contribution in [1.82, 2.24) is 36.5 Å². The van der Waals surface area contributed by atoms with E-state index in [0.717, 1.165) is 16.7 Å². The third-order valence-electron chi connectivity index (χ3n) is 12.5. The Morgan fingerprint density at radius 3 is 2.29 bits per heavy atom. The molecule has 10 atom stereocenters. The molecule has 0 spiro atoms. The number of aliphatic hydroxyl groups excluding tert-OH is 2. The van der Waals surface area contributed by atoms with Crippen LogP contribution < -0.4 is 31.3 Å². The highest BCUT2D eigenvalue weighted by Gasteiger charge is 2.45. The van der Waals surface area contributed by atoms with E-state index in [1.165, 1.54) is 27.0 Å². The second-order valence-corrected chi connectivity index (χ2v) is 18.3. The molecule has 1 saturated heterocycles. The van der Waals surface area contributed by atoms with Gasteiger partial charge in [0.1, 0.15) is 24.4 Å². The summed E-state index contributed by atoms with van der Waals surface area (Å²) < 4.78 is 10.6. The van der Waals surface area contributed by atoms with Gasteiger partial charge in [-0.15, -0.1) is 11.8 Å². The van der Waals surface area contributed by atoms with Gasteiger partial charge in [0.2, 0.25) is 35.4 Å². The Kier molecular flexibility index (Phi) is 17.9. The molecule has 3 aliphatic heterocycles. The first-order valence-electron chi connectivity index (χ1n) is 22.1. The van der Waals surface area contributed by atoms with Crippen molar-refractivity contribution in [3.05, 3.63) is 36.4 Å². The number of aromatic nitrogens is 1. The topological polar surface area (TPSA) is 292 Å². The van der Waals surface area contributed by atoms with Gasteiger partial charge in [-0.05, 0) is 37.0 Å². The molecule has 1 unspecified atom stereocenters. The van der Waals surface area contributed by atoms with Crippen molar-refractivity contribution in [2.45, 2.75) is 108 Å². The number of rotatable bonds is 9. The fourth-order valence-electron chi connectivity index (χ4n) is 8.30. The lowest BCUT2D eigenvalue weighted by Gasteiger charge is -2.32. The number of H-pyrrole nitrogens is 1. The van der Waals surface area contributed by atoms with Gasteiger partial charge in [0.25, 0.3) is 0 Å². The number of thioether (sulfide) groups is 1. The van der Waals surface area contributed by atoms with Gasteiger partial charge in [0, 0.05) is 54.8 Å². The van der Waals surface area contributed by atoms with Crippen molar-refractivity contribution < 1.29 is 62.8 Å². The van der Waals surface area contributed by atoms with Crippen LogP contribution in [0.5, 0.6) is 5.75 Å². The van der Waals surface area contributed by atoms with E-state index in [4.69, 9.17) is 9.47 Å². The van der Waals surface area contributed by atoms with E-state index in [-0.39, 0.29) is 31.7 Å². The van der Waals surface area contributed by atoms with Crippen molar-refractivity contribution in [3.63, 3.8) is 0 Å². The van der Waals surface area contributed by atoms with E-state index in [0.29, 0.717) is 33.7 Å². The van der Waals surface area contributed by atoms with E-state index < -0.39 is 145 Å². The molecule has 0 radical (unpaired) electrons. The van der Waals surface area contributed by atoms with Crippen molar-refractivity contribution >= 4 is 75.6 Å². The first-order valence-corrected chi connectivity index (χ1v) is 23.1. The van der Waals surface area contributed by atoms with Crippen LogP contribution in [0.4, 0.5) is 0 Å². The van der Waals surface area contributed by atoms with Gasteiger partial charge >= 0.3 is 5.97 Å². The molecule has 6 amide bonds. The summed E-state index contributed by atoms with van der Waals surface area (Å²) >= 11 is 1.09. The first kappa shape index (κ1) is 51.2. The van der Waals surface area contributed by atoms with Crippen molar-refractivity contribution in [2.75, 3.05) is 39.1 Å². The lowest BCUT2D eigenvalue weighted by atomic mass is 9.86. The molecule has 0 aliphatic carbocycles. The molecule has 21 heteroatoms. The summed E-state index contributed by atoms with van der Waals surface area (Å²) in [6, 6.07) is -0.187. The summed E-state index contributed by atoms with van der Waals surface area (Å²) in [4.78, 5) is 130. The van der Waals surface area contributed by atoms with Gasteiger partial charge in [-0.1, -0.05) is 39.8 Å². The number of aromatic amines is 1. The number of aliphatic hydroxyl groups is 2. The van der Waals surface area contributed by atoms with E-state index in [1.54, 1.807) is 32.0 Å². The summed E-state index contributed by atoms with van der Waals surface area (Å²) in [6.45, 7) is 8.20. The maximum atomic E-state index is 14.6. The number of esters is 1. The highest BCUT2D eigenvalue weighted by molar-refractivity contribution is 7.99. The molecule has 66 heavy (non-hydrogen) atoms. The maximum absolute atomic E-state index is 14.6. The fraction of sp³-hybridized carbons (Fsp3) is 0.578. The number of ether oxygens (including phenoxy) is 2. The molecule has 5 rings (SSSR count). The van der Waals surface area contributed by atoms with Gasteiger partial charge in [0.05, 0.1) is 67.4 Å². The van der Waals surface area contributed by atoms with E-state index in [1.807, 2.05) is 0 Å². The molecule has 1 aromatic heterocycles. The van der Waals surface area contributed by atoms with Crippen LogP contribution in [0.25, 0.3) is 10.9 Å². The van der Waals surface area contributed by atoms with Crippen LogP contribution in [0.15, 0.2) is 35.9 Å². The minimum absolute atomic E-state index is 0.132. The number of hydrogen-bond acceptors (Lipinski definition) is 14. The monoisotopic (exact) mass is 939 g/mol. The number of carbonyl (C=O) groups is 9. The summed E-state index contributed by atoms with van der Waals surface area (Å²) in [5.41, 5.74) is 1.08. The van der Waals surface area contributed by atoms with Crippen molar-refractivity contribution in [3.8, 4) is 5.75 Å². The Balaban J connectivity index is 1.71. The molecule has 0 saturated carbocycles. The maximum Gasteiger partial charge on any atom is 0.306 e. The molecule has 20 nitrogen and oxygen atoms in total. The Labute approximate surface area is 386 Å². The predicted molar refractivity (Wildman–Crippen MR) is 240 cm³/mol. The fourth-order valence-corrected chi connectivity index (χ4v) is 9.45. The molecule has 2 aromatic rings. The van der Waals surface area contributed by atoms with E-state index in [9.17, 15) is 53.4 Å².